The molecule has 0 saturated carbocycles. The van der Waals surface area contributed by atoms with Gasteiger partial charge in [-0.05, 0) is 14.1 Å². The van der Waals surface area contributed by atoms with Gasteiger partial charge in [-0.1, -0.05) is 11.3 Å². The summed E-state index contributed by atoms with van der Waals surface area (Å²) in [6.07, 6.45) is 1.23. The van der Waals surface area contributed by atoms with Crippen LogP contribution in [-0.4, -0.2) is 51.4 Å². The van der Waals surface area contributed by atoms with E-state index in [1.54, 1.807) is 0 Å². The molecule has 1 rings (SSSR count). The van der Waals surface area contributed by atoms with Crippen molar-refractivity contribution in [3.8, 4) is 0 Å². The van der Waals surface area contributed by atoms with Gasteiger partial charge in [0.2, 0.25) is 5.91 Å². The Labute approximate surface area is 110 Å². The Balaban J connectivity index is 2.67. The molecular formula is C9H16N4O3S2. The lowest BCUT2D eigenvalue weighted by atomic mass is 10.6. The van der Waals surface area contributed by atoms with E-state index >= 15 is 0 Å². The zero-order valence-corrected chi connectivity index (χ0v) is 12.1. The zero-order valence-electron chi connectivity index (χ0n) is 10.4. The molecule has 1 aromatic heterocycles. The summed E-state index contributed by atoms with van der Waals surface area (Å²) in [5.74, 6) is -0.283. The number of hydrogen-bond donors (Lipinski definition) is 2. The standard InChI is InChI=1S/C9H16N4O3S2/c1-7(14)12-9-10-6-8(17-9)18(15,16)11-4-5-13(2)3/h6,11H,4-5H2,1-3H3,(H,10,12,14). The predicted octanol–water partition coefficient (Wildman–Crippen LogP) is -0.0586. The van der Waals surface area contributed by atoms with Crippen LogP contribution < -0.4 is 10.0 Å². The van der Waals surface area contributed by atoms with Crippen LogP contribution in [0.2, 0.25) is 0 Å². The van der Waals surface area contributed by atoms with Crippen molar-refractivity contribution in [1.29, 1.82) is 0 Å². The van der Waals surface area contributed by atoms with Gasteiger partial charge in [-0.3, -0.25) is 4.79 Å². The van der Waals surface area contributed by atoms with Gasteiger partial charge in [0.25, 0.3) is 10.0 Å². The second-order valence-electron chi connectivity index (χ2n) is 3.87. The van der Waals surface area contributed by atoms with Crippen molar-refractivity contribution in [3.63, 3.8) is 0 Å². The lowest BCUT2D eigenvalue weighted by Gasteiger charge is -2.09. The van der Waals surface area contributed by atoms with Crippen molar-refractivity contribution in [2.24, 2.45) is 0 Å². The van der Waals surface area contributed by atoms with Crippen LogP contribution in [0, 0.1) is 0 Å². The molecular weight excluding hydrogens is 276 g/mol. The molecule has 0 bridgehead atoms. The van der Waals surface area contributed by atoms with Gasteiger partial charge < -0.3 is 10.2 Å². The van der Waals surface area contributed by atoms with Crippen LogP contribution in [0.1, 0.15) is 6.92 Å². The molecule has 0 unspecified atom stereocenters. The monoisotopic (exact) mass is 292 g/mol. The van der Waals surface area contributed by atoms with Crippen LogP contribution in [0.4, 0.5) is 5.13 Å². The largest absolute Gasteiger partial charge is 0.308 e. The summed E-state index contributed by atoms with van der Waals surface area (Å²) in [5.41, 5.74) is 0. The lowest BCUT2D eigenvalue weighted by Crippen LogP contribution is -2.30. The fourth-order valence-corrected chi connectivity index (χ4v) is 3.21. The summed E-state index contributed by atoms with van der Waals surface area (Å²) in [4.78, 5) is 16.5. The Morgan fingerprint density at radius 1 is 1.50 bits per heavy atom. The fourth-order valence-electron chi connectivity index (χ4n) is 1.07. The molecule has 0 fully saturated rings. The molecule has 7 nitrogen and oxygen atoms in total. The third-order valence-corrected chi connectivity index (χ3v) is 4.72. The average molecular weight is 292 g/mol. The maximum absolute atomic E-state index is 11.8. The van der Waals surface area contributed by atoms with E-state index in [1.165, 1.54) is 13.1 Å². The van der Waals surface area contributed by atoms with Crippen molar-refractivity contribution in [1.82, 2.24) is 14.6 Å². The molecule has 0 aliphatic rings. The zero-order chi connectivity index (χ0) is 13.8. The van der Waals surface area contributed by atoms with Crippen molar-refractivity contribution >= 4 is 32.4 Å². The Kier molecular flexibility index (Phi) is 5.20. The first-order valence-corrected chi connectivity index (χ1v) is 7.49. The molecule has 1 heterocycles. The number of nitrogens with zero attached hydrogens (tertiary/aromatic N) is 2. The molecule has 0 radical (unpaired) electrons. The minimum atomic E-state index is -3.54. The predicted molar refractivity (Wildman–Crippen MR) is 70.2 cm³/mol. The van der Waals surface area contributed by atoms with E-state index in [2.05, 4.69) is 15.0 Å². The van der Waals surface area contributed by atoms with Gasteiger partial charge in [0.1, 0.15) is 0 Å². The van der Waals surface area contributed by atoms with Crippen LogP contribution >= 0.6 is 11.3 Å². The maximum Gasteiger partial charge on any atom is 0.251 e. The summed E-state index contributed by atoms with van der Waals surface area (Å²) in [6.45, 7) is 2.27. The van der Waals surface area contributed by atoms with Crippen LogP contribution in [0.15, 0.2) is 10.4 Å². The minimum Gasteiger partial charge on any atom is -0.308 e. The molecule has 0 aromatic carbocycles. The van der Waals surface area contributed by atoms with Gasteiger partial charge in [-0.15, -0.1) is 0 Å². The lowest BCUT2D eigenvalue weighted by molar-refractivity contribution is -0.114. The quantitative estimate of drug-likeness (QED) is 0.766. The molecule has 0 atom stereocenters. The van der Waals surface area contributed by atoms with E-state index in [0.29, 0.717) is 13.1 Å². The molecule has 102 valence electrons. The molecule has 0 spiro atoms. The van der Waals surface area contributed by atoms with E-state index in [4.69, 9.17) is 0 Å². The number of nitrogens with one attached hydrogen (secondary N) is 2. The van der Waals surface area contributed by atoms with E-state index in [9.17, 15) is 13.2 Å². The number of aromatic nitrogens is 1. The number of likely N-dealkylation sites (N-methyl/N-ethyl adjacent to an activating group) is 1. The number of hydrogen-bond acceptors (Lipinski definition) is 6. The third kappa shape index (κ3) is 4.69. The van der Waals surface area contributed by atoms with Crippen LogP contribution in [0.3, 0.4) is 0 Å². The van der Waals surface area contributed by atoms with Crippen LogP contribution in [-0.2, 0) is 14.8 Å². The highest BCUT2D eigenvalue weighted by Crippen LogP contribution is 2.22. The van der Waals surface area contributed by atoms with E-state index < -0.39 is 10.0 Å². The maximum atomic E-state index is 11.8. The SMILES string of the molecule is CC(=O)Nc1ncc(S(=O)(=O)NCCN(C)C)s1. The second kappa shape index (κ2) is 6.23. The second-order valence-corrected chi connectivity index (χ2v) is 6.89. The van der Waals surface area contributed by atoms with E-state index in [-0.39, 0.29) is 15.2 Å². The summed E-state index contributed by atoms with van der Waals surface area (Å²) < 4.78 is 26.2. The Morgan fingerprint density at radius 3 is 2.72 bits per heavy atom. The van der Waals surface area contributed by atoms with Crippen LogP contribution in [0.5, 0.6) is 0 Å². The summed E-state index contributed by atoms with van der Waals surface area (Å²) in [6, 6.07) is 0. The highest BCUT2D eigenvalue weighted by molar-refractivity contribution is 7.91. The van der Waals surface area contributed by atoms with Gasteiger partial charge in [0.05, 0.1) is 6.20 Å². The van der Waals surface area contributed by atoms with Crippen molar-refractivity contribution < 1.29 is 13.2 Å². The van der Waals surface area contributed by atoms with Crippen molar-refractivity contribution in [2.75, 3.05) is 32.5 Å². The van der Waals surface area contributed by atoms with E-state index in [1.807, 2.05) is 19.0 Å². The molecule has 9 heteroatoms. The number of amides is 1. The van der Waals surface area contributed by atoms with Gasteiger partial charge >= 0.3 is 0 Å². The minimum absolute atomic E-state index is 0.0880. The molecule has 0 aliphatic carbocycles. The van der Waals surface area contributed by atoms with Gasteiger partial charge in [0, 0.05) is 20.0 Å². The number of thiazole rings is 1. The molecule has 2 N–H and O–H groups in total. The van der Waals surface area contributed by atoms with Crippen LogP contribution in [0.25, 0.3) is 0 Å². The molecule has 0 aliphatic heterocycles. The first kappa shape index (κ1) is 15.0. The number of anilines is 1. The Bertz CT molecular complexity index is 510. The fraction of sp³-hybridized carbons (Fsp3) is 0.556. The number of sulfonamides is 1. The number of carbonyl (C=O) groups is 1. The Morgan fingerprint density at radius 2 is 2.17 bits per heavy atom. The summed E-state index contributed by atoms with van der Waals surface area (Å²) >= 11 is 0.920. The normalized spacial score (nSPS) is 11.8. The molecule has 1 amide bonds. The number of rotatable bonds is 6. The first-order chi connectivity index (χ1) is 8.31. The topological polar surface area (TPSA) is 91.4 Å². The first-order valence-electron chi connectivity index (χ1n) is 5.19. The van der Waals surface area contributed by atoms with Crippen molar-refractivity contribution in [3.05, 3.63) is 6.20 Å². The molecule has 0 saturated heterocycles. The summed E-state index contributed by atoms with van der Waals surface area (Å²) in [5, 5.41) is 2.71. The summed E-state index contributed by atoms with van der Waals surface area (Å²) in [7, 11) is 0.171. The third-order valence-electron chi connectivity index (χ3n) is 1.88. The highest BCUT2D eigenvalue weighted by atomic mass is 32.2. The highest BCUT2D eigenvalue weighted by Gasteiger charge is 2.17. The van der Waals surface area contributed by atoms with E-state index in [0.717, 1.165) is 11.3 Å². The van der Waals surface area contributed by atoms with Gasteiger partial charge in [-0.25, -0.2) is 18.1 Å². The van der Waals surface area contributed by atoms with Gasteiger partial charge in [-0.2, -0.15) is 0 Å². The Hall–Kier alpha value is -1.03. The number of carbonyl (C=O) groups excluding carboxylic acids is 1. The van der Waals surface area contributed by atoms with Gasteiger partial charge in [0.15, 0.2) is 9.34 Å². The molecule has 18 heavy (non-hydrogen) atoms. The molecule has 1 aromatic rings. The average Bonchev–Trinajstić information content (AvgIpc) is 2.64. The van der Waals surface area contributed by atoms with Crippen molar-refractivity contribution in [2.45, 2.75) is 11.1 Å². The smallest absolute Gasteiger partial charge is 0.251 e.